The van der Waals surface area contributed by atoms with Crippen LogP contribution in [-0.4, -0.2) is 16.0 Å². The number of carboxylic acids is 1. The third-order valence-electron chi connectivity index (χ3n) is 4.06. The van der Waals surface area contributed by atoms with E-state index >= 15 is 0 Å². The highest BCUT2D eigenvalue weighted by Crippen LogP contribution is 2.30. The molecule has 4 atom stereocenters. The molecule has 1 N–H and O–H groups in total. The molecule has 0 aromatic heterocycles. The van der Waals surface area contributed by atoms with E-state index < -0.39 is 11.9 Å². The van der Waals surface area contributed by atoms with E-state index in [2.05, 4.69) is 0 Å². The Kier molecular flexibility index (Phi) is 3.63. The molecule has 0 spiro atoms. The van der Waals surface area contributed by atoms with Gasteiger partial charge in [0, 0.05) is 29.4 Å². The van der Waals surface area contributed by atoms with Crippen LogP contribution >= 0.6 is 0 Å². The summed E-state index contributed by atoms with van der Waals surface area (Å²) in [5, 5.41) is 20.6. The second-order valence-corrected chi connectivity index (χ2v) is 5.52. The maximum absolute atomic E-state index is 11.4. The van der Waals surface area contributed by atoms with Gasteiger partial charge in [-0.2, -0.15) is 0 Å². The number of hydrogen-bond donors (Lipinski definition) is 1. The van der Waals surface area contributed by atoms with Crippen molar-refractivity contribution in [1.29, 1.82) is 0 Å². The van der Waals surface area contributed by atoms with E-state index in [1.807, 2.05) is 30.4 Å². The Labute approximate surface area is 127 Å². The van der Waals surface area contributed by atoms with Crippen LogP contribution in [0.2, 0.25) is 0 Å². The van der Waals surface area contributed by atoms with Gasteiger partial charge >= 0.3 is 5.97 Å². The first-order chi connectivity index (χ1) is 10.5. The number of carboxylic acid groups (broad SMARTS) is 1. The molecule has 22 heavy (non-hydrogen) atoms. The van der Waals surface area contributed by atoms with Crippen LogP contribution in [0.3, 0.4) is 0 Å². The van der Waals surface area contributed by atoms with Gasteiger partial charge in [-0.3, -0.25) is 10.1 Å². The Morgan fingerprint density at radius 3 is 2.05 bits per heavy atom. The molecule has 0 amide bonds. The first-order valence-corrected chi connectivity index (χ1v) is 7.09. The molecule has 6 aliphatic carbocycles. The number of nitrogens with zero attached hydrogens (tertiary/aromatic N) is 1. The summed E-state index contributed by atoms with van der Waals surface area (Å²) in [4.78, 5) is 22.3. The number of aliphatic carboxylic acids is 1. The van der Waals surface area contributed by atoms with Crippen LogP contribution < -0.4 is 0 Å². The molecule has 0 aromatic carbocycles. The lowest BCUT2D eigenvalue weighted by Crippen LogP contribution is -2.17. The van der Waals surface area contributed by atoms with E-state index in [-0.39, 0.29) is 28.4 Å². The molecule has 5 heteroatoms. The summed E-state index contributed by atoms with van der Waals surface area (Å²) < 4.78 is 0. The number of carbonyl (C=O) groups is 1. The van der Waals surface area contributed by atoms with Crippen molar-refractivity contribution in [3.05, 3.63) is 82.1 Å². The van der Waals surface area contributed by atoms with Crippen molar-refractivity contribution in [3.63, 3.8) is 0 Å². The van der Waals surface area contributed by atoms with Crippen molar-refractivity contribution < 1.29 is 14.8 Å². The topological polar surface area (TPSA) is 80.4 Å². The SMILES string of the molecule is O=C(O)C1=CC2C=CC1/C=C\C1C=CC(C=C1[N+](=O)[O-])/C=C\2. The van der Waals surface area contributed by atoms with Gasteiger partial charge in [0.25, 0.3) is 5.70 Å². The lowest BCUT2D eigenvalue weighted by molar-refractivity contribution is -0.431. The van der Waals surface area contributed by atoms with Gasteiger partial charge in [0.15, 0.2) is 0 Å². The molecule has 6 rings (SSSR count). The average Bonchev–Trinajstić information content (AvgIpc) is 2.49. The van der Waals surface area contributed by atoms with Crippen molar-refractivity contribution in [2.24, 2.45) is 23.7 Å². The molecule has 0 saturated carbocycles. The standard InChI is InChI=1S/C17H15NO4/c19-17(20)15-9-11-1-2-12-4-6-14(16(10-12)18(21)22)8-7-13(15)5-3-11/h1-14H,(H,19,20)/b2-1-,8-7-. The van der Waals surface area contributed by atoms with E-state index in [9.17, 15) is 20.0 Å². The predicted molar refractivity (Wildman–Crippen MR) is 81.3 cm³/mol. The van der Waals surface area contributed by atoms with E-state index in [0.717, 1.165) is 0 Å². The molecule has 112 valence electrons. The number of rotatable bonds is 2. The van der Waals surface area contributed by atoms with Gasteiger partial charge in [0.1, 0.15) is 0 Å². The average molecular weight is 297 g/mol. The van der Waals surface area contributed by atoms with Gasteiger partial charge < -0.3 is 5.11 Å². The van der Waals surface area contributed by atoms with Crippen LogP contribution in [0.1, 0.15) is 0 Å². The minimum Gasteiger partial charge on any atom is -0.478 e. The maximum Gasteiger partial charge on any atom is 0.332 e. The molecule has 0 aromatic rings. The first-order valence-electron chi connectivity index (χ1n) is 7.09. The Bertz CT molecular complexity index is 635. The first kappa shape index (κ1) is 14.3. The predicted octanol–water partition coefficient (Wildman–Crippen LogP) is 2.89. The number of nitro groups is 1. The maximum atomic E-state index is 11.4. The van der Waals surface area contributed by atoms with Gasteiger partial charge in [-0.1, -0.05) is 54.7 Å². The van der Waals surface area contributed by atoms with E-state index in [1.165, 1.54) is 0 Å². The van der Waals surface area contributed by atoms with Gasteiger partial charge in [-0.15, -0.1) is 0 Å². The molecule has 0 heterocycles. The molecule has 0 radical (unpaired) electrons. The zero-order chi connectivity index (χ0) is 15.7. The van der Waals surface area contributed by atoms with Crippen LogP contribution in [0.4, 0.5) is 0 Å². The molecule has 0 saturated heterocycles. The Hall–Kier alpha value is -2.69. The lowest BCUT2D eigenvalue weighted by Gasteiger charge is -2.20. The third-order valence-corrected chi connectivity index (χ3v) is 4.06. The molecule has 0 fully saturated rings. The summed E-state index contributed by atoms with van der Waals surface area (Å²) in [5.74, 6) is -1.99. The summed E-state index contributed by atoms with van der Waals surface area (Å²) >= 11 is 0. The Morgan fingerprint density at radius 2 is 1.41 bits per heavy atom. The van der Waals surface area contributed by atoms with E-state index in [1.54, 1.807) is 30.4 Å². The van der Waals surface area contributed by atoms with Crippen LogP contribution in [-0.2, 0) is 4.79 Å². The Morgan fingerprint density at radius 1 is 0.909 bits per heavy atom. The summed E-state index contributed by atoms with van der Waals surface area (Å²) in [6.07, 6.45) is 18.1. The minimum atomic E-state index is -0.958. The van der Waals surface area contributed by atoms with E-state index in [4.69, 9.17) is 0 Å². The molecular formula is C17H15NO4. The van der Waals surface area contributed by atoms with Gasteiger partial charge in [0.2, 0.25) is 0 Å². The Balaban J connectivity index is 2.04. The second-order valence-electron chi connectivity index (χ2n) is 5.52. The smallest absolute Gasteiger partial charge is 0.332 e. The van der Waals surface area contributed by atoms with Crippen LogP contribution in [0, 0.1) is 33.8 Å². The monoisotopic (exact) mass is 297 g/mol. The molecule has 0 aliphatic heterocycles. The highest BCUT2D eigenvalue weighted by molar-refractivity contribution is 5.88. The fourth-order valence-electron chi connectivity index (χ4n) is 2.90. The third kappa shape index (κ3) is 2.70. The van der Waals surface area contributed by atoms with Crippen LogP contribution in [0.15, 0.2) is 72.0 Å². The number of allylic oxidation sites excluding steroid dienone is 9. The lowest BCUT2D eigenvalue weighted by atomic mass is 9.84. The zero-order valence-electron chi connectivity index (χ0n) is 11.7. The van der Waals surface area contributed by atoms with Crippen molar-refractivity contribution in [1.82, 2.24) is 0 Å². The molecule has 4 unspecified atom stereocenters. The van der Waals surface area contributed by atoms with Crippen LogP contribution in [0.25, 0.3) is 0 Å². The molecular weight excluding hydrogens is 282 g/mol. The summed E-state index contributed by atoms with van der Waals surface area (Å²) in [6, 6.07) is 0. The fraction of sp³-hybridized carbons (Fsp3) is 0.235. The molecule has 4 bridgehead atoms. The molecule has 5 nitrogen and oxygen atoms in total. The van der Waals surface area contributed by atoms with Crippen molar-refractivity contribution in [3.8, 4) is 0 Å². The fourth-order valence-corrected chi connectivity index (χ4v) is 2.90. The quantitative estimate of drug-likeness (QED) is 0.483. The van der Waals surface area contributed by atoms with Gasteiger partial charge in [-0.25, -0.2) is 4.79 Å². The number of hydrogen-bond acceptors (Lipinski definition) is 3. The van der Waals surface area contributed by atoms with Crippen molar-refractivity contribution in [2.45, 2.75) is 0 Å². The van der Waals surface area contributed by atoms with Gasteiger partial charge in [0.05, 0.1) is 10.8 Å². The van der Waals surface area contributed by atoms with Crippen LogP contribution in [0.5, 0.6) is 0 Å². The largest absolute Gasteiger partial charge is 0.478 e. The summed E-state index contributed by atoms with van der Waals surface area (Å²) in [5.41, 5.74) is 0.440. The van der Waals surface area contributed by atoms with Crippen molar-refractivity contribution >= 4 is 5.97 Å². The highest BCUT2D eigenvalue weighted by atomic mass is 16.6. The zero-order valence-corrected chi connectivity index (χ0v) is 11.7. The minimum absolute atomic E-state index is 0.103. The second kappa shape index (κ2) is 5.60. The highest BCUT2D eigenvalue weighted by Gasteiger charge is 2.27. The molecule has 6 aliphatic rings. The van der Waals surface area contributed by atoms with Crippen molar-refractivity contribution in [2.75, 3.05) is 0 Å². The summed E-state index contributed by atoms with van der Waals surface area (Å²) in [6.45, 7) is 0. The van der Waals surface area contributed by atoms with Gasteiger partial charge in [-0.05, 0) is 0 Å². The summed E-state index contributed by atoms with van der Waals surface area (Å²) in [7, 11) is 0. The normalized spacial score (nSPS) is 35.1. The van der Waals surface area contributed by atoms with E-state index in [0.29, 0.717) is 5.57 Å².